The number of aromatic nitrogens is 2. The molecule has 8 nitrogen and oxygen atoms in total. The van der Waals surface area contributed by atoms with Crippen LogP contribution in [0.25, 0.3) is 11.3 Å². The maximum atomic E-state index is 12.1. The highest BCUT2D eigenvalue weighted by atomic mass is 35.5. The Labute approximate surface area is 157 Å². The highest BCUT2D eigenvalue weighted by molar-refractivity contribution is 7.98. The lowest BCUT2D eigenvalue weighted by molar-refractivity contribution is -0.139. The standard InChI is InChI=1S/C16H14ClN3O5S/c1-3-24-11-4-8(10(17)5-12(11)25-7-13(21)22)14-9(6-18)15(23)20-16(19-14)26-2/h4-5H,3,7H2,1-2H3,(H,21,22)(H,19,20,23). The zero-order valence-electron chi connectivity index (χ0n) is 13.8. The number of aromatic amines is 1. The fourth-order valence-electron chi connectivity index (χ4n) is 2.09. The molecule has 2 rings (SSSR count). The SMILES string of the molecule is CCOc1cc(-c2nc(SC)[nH]c(=O)c2C#N)c(Cl)cc1OCC(=O)O. The predicted octanol–water partition coefficient (Wildman–Crippen LogP) is 2.55. The van der Waals surface area contributed by atoms with Gasteiger partial charge >= 0.3 is 5.97 Å². The van der Waals surface area contributed by atoms with Crippen LogP contribution >= 0.6 is 23.4 Å². The van der Waals surface area contributed by atoms with Gasteiger partial charge in [-0.2, -0.15) is 5.26 Å². The third-order valence-electron chi connectivity index (χ3n) is 3.14. The largest absolute Gasteiger partial charge is 0.490 e. The summed E-state index contributed by atoms with van der Waals surface area (Å²) in [6.45, 7) is 1.46. The Morgan fingerprint density at radius 2 is 2.12 bits per heavy atom. The summed E-state index contributed by atoms with van der Waals surface area (Å²) in [7, 11) is 0. The molecule has 0 atom stereocenters. The number of nitriles is 1. The van der Waals surface area contributed by atoms with Gasteiger partial charge in [-0.1, -0.05) is 23.4 Å². The number of carboxylic acids is 1. The lowest BCUT2D eigenvalue weighted by Gasteiger charge is -2.14. The van der Waals surface area contributed by atoms with Crippen molar-refractivity contribution in [3.05, 3.63) is 33.1 Å². The Bertz CT molecular complexity index is 939. The monoisotopic (exact) mass is 395 g/mol. The zero-order valence-corrected chi connectivity index (χ0v) is 15.4. The van der Waals surface area contributed by atoms with Crippen LogP contribution in [-0.2, 0) is 4.79 Å². The van der Waals surface area contributed by atoms with Crippen LogP contribution in [0.15, 0.2) is 22.1 Å². The average Bonchev–Trinajstić information content (AvgIpc) is 2.60. The first-order valence-corrected chi connectivity index (χ1v) is 8.91. The number of aliphatic carboxylic acids is 1. The molecule has 0 fully saturated rings. The third kappa shape index (κ3) is 4.28. The van der Waals surface area contributed by atoms with E-state index in [1.165, 1.54) is 23.9 Å². The second-order valence-electron chi connectivity index (χ2n) is 4.80. The molecular weight excluding hydrogens is 382 g/mol. The van der Waals surface area contributed by atoms with Crippen LogP contribution in [0.3, 0.4) is 0 Å². The molecule has 2 aromatic rings. The minimum absolute atomic E-state index is 0.108. The van der Waals surface area contributed by atoms with Crippen molar-refractivity contribution in [2.45, 2.75) is 12.1 Å². The number of ether oxygens (including phenoxy) is 2. The molecule has 10 heteroatoms. The Hall–Kier alpha value is -2.70. The van der Waals surface area contributed by atoms with Gasteiger partial charge in [-0.15, -0.1) is 0 Å². The van der Waals surface area contributed by atoms with E-state index < -0.39 is 18.1 Å². The number of nitrogens with zero attached hydrogens (tertiary/aromatic N) is 2. The highest BCUT2D eigenvalue weighted by Gasteiger charge is 2.19. The van der Waals surface area contributed by atoms with E-state index >= 15 is 0 Å². The maximum absolute atomic E-state index is 12.1. The molecule has 0 aliphatic carbocycles. The number of nitrogens with one attached hydrogen (secondary N) is 1. The van der Waals surface area contributed by atoms with E-state index in [-0.39, 0.29) is 34.4 Å². The Balaban J connectivity index is 2.66. The summed E-state index contributed by atoms with van der Waals surface area (Å²) >= 11 is 7.48. The van der Waals surface area contributed by atoms with Crippen LogP contribution in [0.5, 0.6) is 11.5 Å². The highest BCUT2D eigenvalue weighted by Crippen LogP contribution is 2.39. The molecule has 0 bridgehead atoms. The van der Waals surface area contributed by atoms with Crippen molar-refractivity contribution >= 4 is 29.3 Å². The number of H-pyrrole nitrogens is 1. The molecule has 0 unspecified atom stereocenters. The first-order valence-electron chi connectivity index (χ1n) is 7.30. The van der Waals surface area contributed by atoms with Crippen molar-refractivity contribution in [1.82, 2.24) is 9.97 Å². The molecule has 0 amide bonds. The summed E-state index contributed by atoms with van der Waals surface area (Å²) in [6, 6.07) is 4.66. The number of halogens is 1. The normalized spacial score (nSPS) is 10.2. The number of rotatable bonds is 7. The molecule has 136 valence electrons. The fraction of sp³-hybridized carbons (Fsp3) is 0.250. The van der Waals surface area contributed by atoms with E-state index in [0.717, 1.165) is 0 Å². The smallest absolute Gasteiger partial charge is 0.341 e. The Kier molecular flexibility index (Phi) is 6.49. The van der Waals surface area contributed by atoms with Gasteiger partial charge in [0.2, 0.25) is 0 Å². The van der Waals surface area contributed by atoms with Gasteiger partial charge in [0, 0.05) is 11.6 Å². The van der Waals surface area contributed by atoms with Crippen molar-refractivity contribution in [3.8, 4) is 28.8 Å². The Morgan fingerprint density at radius 1 is 1.42 bits per heavy atom. The van der Waals surface area contributed by atoms with Crippen molar-refractivity contribution < 1.29 is 19.4 Å². The van der Waals surface area contributed by atoms with E-state index in [9.17, 15) is 14.9 Å². The first-order chi connectivity index (χ1) is 12.4. The van der Waals surface area contributed by atoms with Gasteiger partial charge in [-0.25, -0.2) is 9.78 Å². The predicted molar refractivity (Wildman–Crippen MR) is 96.1 cm³/mol. The van der Waals surface area contributed by atoms with Crippen molar-refractivity contribution in [2.75, 3.05) is 19.5 Å². The molecule has 0 saturated carbocycles. The summed E-state index contributed by atoms with van der Waals surface area (Å²) in [5, 5.41) is 18.5. The number of hydrogen-bond donors (Lipinski definition) is 2. The summed E-state index contributed by atoms with van der Waals surface area (Å²) in [4.78, 5) is 29.6. The van der Waals surface area contributed by atoms with Crippen molar-refractivity contribution in [2.24, 2.45) is 0 Å². The average molecular weight is 396 g/mol. The van der Waals surface area contributed by atoms with Gasteiger partial charge in [-0.3, -0.25) is 4.79 Å². The lowest BCUT2D eigenvalue weighted by Crippen LogP contribution is -2.15. The van der Waals surface area contributed by atoms with Crippen LogP contribution in [0.2, 0.25) is 5.02 Å². The second-order valence-corrected chi connectivity index (χ2v) is 6.01. The third-order valence-corrected chi connectivity index (χ3v) is 4.04. The minimum Gasteiger partial charge on any atom is -0.490 e. The number of carboxylic acid groups (broad SMARTS) is 1. The van der Waals surface area contributed by atoms with Gasteiger partial charge in [0.1, 0.15) is 11.6 Å². The molecule has 0 radical (unpaired) electrons. The van der Waals surface area contributed by atoms with E-state index in [2.05, 4.69) is 9.97 Å². The van der Waals surface area contributed by atoms with Gasteiger partial charge in [0.15, 0.2) is 23.3 Å². The molecule has 0 spiro atoms. The molecule has 1 aromatic carbocycles. The molecule has 0 aliphatic heterocycles. The molecule has 0 aliphatic rings. The fourth-order valence-corrected chi connectivity index (χ4v) is 2.71. The van der Waals surface area contributed by atoms with E-state index in [0.29, 0.717) is 10.7 Å². The summed E-state index contributed by atoms with van der Waals surface area (Å²) in [6.07, 6.45) is 1.73. The second kappa shape index (κ2) is 8.60. The molecule has 1 heterocycles. The zero-order chi connectivity index (χ0) is 19.3. The van der Waals surface area contributed by atoms with Gasteiger partial charge in [0.25, 0.3) is 5.56 Å². The molecule has 2 N–H and O–H groups in total. The van der Waals surface area contributed by atoms with E-state index in [4.69, 9.17) is 26.2 Å². The van der Waals surface area contributed by atoms with Crippen molar-refractivity contribution in [3.63, 3.8) is 0 Å². The van der Waals surface area contributed by atoms with Crippen LogP contribution in [0.1, 0.15) is 12.5 Å². The number of benzene rings is 1. The number of carbonyl (C=O) groups is 1. The minimum atomic E-state index is -1.15. The van der Waals surface area contributed by atoms with Crippen LogP contribution in [0, 0.1) is 11.3 Å². The van der Waals surface area contributed by atoms with Gasteiger partial charge < -0.3 is 19.6 Å². The van der Waals surface area contributed by atoms with Crippen LogP contribution < -0.4 is 15.0 Å². The molecule has 26 heavy (non-hydrogen) atoms. The van der Waals surface area contributed by atoms with Crippen LogP contribution in [0.4, 0.5) is 0 Å². The van der Waals surface area contributed by atoms with Gasteiger partial charge in [-0.05, 0) is 19.2 Å². The first kappa shape index (κ1) is 19.6. The maximum Gasteiger partial charge on any atom is 0.341 e. The van der Waals surface area contributed by atoms with Crippen LogP contribution in [-0.4, -0.2) is 40.5 Å². The Morgan fingerprint density at radius 3 is 2.69 bits per heavy atom. The van der Waals surface area contributed by atoms with E-state index in [1.807, 2.05) is 6.07 Å². The summed E-state index contributed by atoms with van der Waals surface area (Å²) in [5.41, 5.74) is -0.361. The van der Waals surface area contributed by atoms with E-state index in [1.54, 1.807) is 13.2 Å². The lowest BCUT2D eigenvalue weighted by atomic mass is 10.1. The number of hydrogen-bond acceptors (Lipinski definition) is 7. The number of thioether (sulfide) groups is 1. The van der Waals surface area contributed by atoms with Crippen molar-refractivity contribution in [1.29, 1.82) is 5.26 Å². The summed E-state index contributed by atoms with van der Waals surface area (Å²) in [5.74, 6) is -0.790. The molecule has 1 aromatic heterocycles. The molecule has 0 saturated heterocycles. The van der Waals surface area contributed by atoms with Gasteiger partial charge in [0.05, 0.1) is 17.3 Å². The topological polar surface area (TPSA) is 125 Å². The summed E-state index contributed by atoms with van der Waals surface area (Å²) < 4.78 is 10.6. The molecular formula is C16H14ClN3O5S. The quantitative estimate of drug-likeness (QED) is 0.541.